The Balaban J connectivity index is 2.33. The maximum Gasteiger partial charge on any atom is 0.411 e. The van der Waals surface area contributed by atoms with Crippen LogP contribution in [-0.2, 0) is 12.0 Å². The van der Waals surface area contributed by atoms with Gasteiger partial charge in [0.1, 0.15) is 17.1 Å². The van der Waals surface area contributed by atoms with Crippen molar-refractivity contribution in [1.82, 2.24) is 0 Å². The lowest BCUT2D eigenvalue weighted by Crippen LogP contribution is -2.52. The molecule has 2 aromatic rings. The summed E-state index contributed by atoms with van der Waals surface area (Å²) < 4.78 is 61.2. The quantitative estimate of drug-likeness (QED) is 0.327. The SMILES string of the molecule is CCCCOc1ccc([C@@](N)(CC(=O)c2ccc(CC)s2)C(F)(F)F)c(F)c1. The monoisotopic (exact) mass is 417 g/mol. The third-order valence-electron chi connectivity index (χ3n) is 4.42. The summed E-state index contributed by atoms with van der Waals surface area (Å²) in [4.78, 5) is 13.5. The van der Waals surface area contributed by atoms with Gasteiger partial charge in [0, 0.05) is 22.9 Å². The van der Waals surface area contributed by atoms with Gasteiger partial charge in [0.2, 0.25) is 0 Å². The predicted octanol–water partition coefficient (Wildman–Crippen LogP) is 5.62. The topological polar surface area (TPSA) is 52.3 Å². The van der Waals surface area contributed by atoms with E-state index in [0.29, 0.717) is 13.0 Å². The van der Waals surface area contributed by atoms with Crippen LogP contribution in [0.3, 0.4) is 0 Å². The number of ether oxygens (including phenoxy) is 1. The second-order valence-electron chi connectivity index (χ2n) is 6.53. The van der Waals surface area contributed by atoms with Crippen LogP contribution in [0.25, 0.3) is 0 Å². The molecule has 0 unspecified atom stereocenters. The largest absolute Gasteiger partial charge is 0.493 e. The molecule has 154 valence electrons. The Hall–Kier alpha value is -1.93. The fourth-order valence-corrected chi connectivity index (χ4v) is 3.57. The molecule has 0 aliphatic carbocycles. The van der Waals surface area contributed by atoms with Crippen LogP contribution in [-0.4, -0.2) is 18.6 Å². The van der Waals surface area contributed by atoms with Crippen molar-refractivity contribution in [3.8, 4) is 5.75 Å². The van der Waals surface area contributed by atoms with Gasteiger partial charge in [0.05, 0.1) is 11.5 Å². The average Bonchev–Trinajstić information content (AvgIpc) is 3.10. The molecular formula is C20H23F4NO2S. The number of thiophene rings is 1. The number of halogens is 4. The van der Waals surface area contributed by atoms with E-state index in [2.05, 4.69) is 0 Å². The summed E-state index contributed by atoms with van der Waals surface area (Å²) >= 11 is 1.12. The van der Waals surface area contributed by atoms with Gasteiger partial charge in [-0.2, -0.15) is 13.2 Å². The Morgan fingerprint density at radius 3 is 2.43 bits per heavy atom. The molecule has 1 heterocycles. The maximum atomic E-state index is 14.5. The van der Waals surface area contributed by atoms with Crippen molar-refractivity contribution in [3.05, 3.63) is 51.5 Å². The van der Waals surface area contributed by atoms with Crippen LogP contribution >= 0.6 is 11.3 Å². The van der Waals surface area contributed by atoms with Crippen molar-refractivity contribution in [3.63, 3.8) is 0 Å². The number of aryl methyl sites for hydroxylation is 1. The van der Waals surface area contributed by atoms with Crippen molar-refractivity contribution >= 4 is 17.1 Å². The van der Waals surface area contributed by atoms with Crippen molar-refractivity contribution in [1.29, 1.82) is 0 Å². The number of nitrogens with two attached hydrogens (primary N) is 1. The van der Waals surface area contributed by atoms with Crippen LogP contribution < -0.4 is 10.5 Å². The summed E-state index contributed by atoms with van der Waals surface area (Å²) in [6.07, 6.45) is -3.82. The van der Waals surface area contributed by atoms with E-state index >= 15 is 0 Å². The van der Waals surface area contributed by atoms with Crippen molar-refractivity contribution in [2.24, 2.45) is 5.73 Å². The second kappa shape index (κ2) is 9.05. The lowest BCUT2D eigenvalue weighted by atomic mass is 9.84. The molecule has 1 aromatic carbocycles. The molecule has 0 radical (unpaired) electrons. The molecule has 8 heteroatoms. The van der Waals surface area contributed by atoms with Crippen LogP contribution in [0.15, 0.2) is 30.3 Å². The number of carbonyl (C=O) groups excluding carboxylic acids is 1. The van der Waals surface area contributed by atoms with E-state index in [-0.39, 0.29) is 10.6 Å². The molecule has 0 aliphatic rings. The molecule has 0 aliphatic heterocycles. The maximum absolute atomic E-state index is 14.5. The Morgan fingerprint density at radius 2 is 1.89 bits per heavy atom. The molecule has 2 N–H and O–H groups in total. The molecule has 0 amide bonds. The zero-order valence-corrected chi connectivity index (χ0v) is 16.6. The molecule has 1 atom stereocenters. The number of Topliss-reactive ketones (excluding diaryl/α,β-unsaturated/α-hetero) is 1. The third-order valence-corrected chi connectivity index (χ3v) is 5.69. The number of unbranched alkanes of at least 4 members (excludes halogenated alkanes) is 1. The van der Waals surface area contributed by atoms with Crippen LogP contribution in [0.2, 0.25) is 0 Å². The van der Waals surface area contributed by atoms with Crippen LogP contribution in [0.5, 0.6) is 5.75 Å². The minimum absolute atomic E-state index is 0.122. The summed E-state index contributed by atoms with van der Waals surface area (Å²) in [6, 6.07) is 6.23. The van der Waals surface area contributed by atoms with Gasteiger partial charge in [0.15, 0.2) is 5.78 Å². The normalized spacial score (nSPS) is 14.0. The summed E-state index contributed by atoms with van der Waals surface area (Å²) in [5.41, 5.74) is 1.72. The lowest BCUT2D eigenvalue weighted by molar-refractivity contribution is -0.189. The fourth-order valence-electron chi connectivity index (χ4n) is 2.69. The van der Waals surface area contributed by atoms with Gasteiger partial charge in [-0.1, -0.05) is 26.3 Å². The Labute approximate surface area is 165 Å². The van der Waals surface area contributed by atoms with E-state index in [0.717, 1.165) is 41.2 Å². The first-order valence-corrected chi connectivity index (χ1v) is 9.84. The highest BCUT2D eigenvalue weighted by Crippen LogP contribution is 2.42. The van der Waals surface area contributed by atoms with Crippen molar-refractivity contribution in [2.45, 2.75) is 51.2 Å². The zero-order chi connectivity index (χ0) is 20.9. The number of benzene rings is 1. The van der Waals surface area contributed by atoms with Gasteiger partial charge in [-0.15, -0.1) is 11.3 Å². The Kier molecular flexibility index (Phi) is 7.22. The highest BCUT2D eigenvalue weighted by molar-refractivity contribution is 7.14. The first-order chi connectivity index (χ1) is 13.1. The molecule has 28 heavy (non-hydrogen) atoms. The van der Waals surface area contributed by atoms with E-state index < -0.39 is 35.3 Å². The minimum Gasteiger partial charge on any atom is -0.493 e. The Bertz CT molecular complexity index is 819. The van der Waals surface area contributed by atoms with Crippen LogP contribution in [0.1, 0.15) is 53.2 Å². The van der Waals surface area contributed by atoms with Gasteiger partial charge < -0.3 is 10.5 Å². The second-order valence-corrected chi connectivity index (χ2v) is 7.70. The van der Waals surface area contributed by atoms with Crippen molar-refractivity contribution < 1.29 is 27.1 Å². The third kappa shape index (κ3) is 4.91. The summed E-state index contributed by atoms with van der Waals surface area (Å²) in [6.45, 7) is 4.16. The average molecular weight is 417 g/mol. The summed E-state index contributed by atoms with van der Waals surface area (Å²) in [7, 11) is 0. The molecular weight excluding hydrogens is 394 g/mol. The molecule has 0 saturated carbocycles. The van der Waals surface area contributed by atoms with Gasteiger partial charge >= 0.3 is 6.18 Å². The first kappa shape index (κ1) is 22.4. The van der Waals surface area contributed by atoms with E-state index in [1.54, 1.807) is 6.07 Å². The molecule has 2 rings (SSSR count). The number of ketones is 1. The van der Waals surface area contributed by atoms with E-state index in [1.165, 1.54) is 12.1 Å². The Morgan fingerprint density at radius 1 is 1.18 bits per heavy atom. The highest BCUT2D eigenvalue weighted by atomic mass is 32.1. The van der Waals surface area contributed by atoms with Crippen LogP contribution in [0, 0.1) is 5.82 Å². The van der Waals surface area contributed by atoms with E-state index in [1.807, 2.05) is 13.8 Å². The summed E-state index contributed by atoms with van der Waals surface area (Å²) in [5.74, 6) is -1.80. The van der Waals surface area contributed by atoms with Gasteiger partial charge in [0.25, 0.3) is 0 Å². The van der Waals surface area contributed by atoms with Crippen molar-refractivity contribution in [2.75, 3.05) is 6.61 Å². The number of alkyl halides is 3. The minimum atomic E-state index is -5.01. The molecule has 0 saturated heterocycles. The summed E-state index contributed by atoms with van der Waals surface area (Å²) in [5, 5.41) is 0. The lowest BCUT2D eigenvalue weighted by Gasteiger charge is -2.32. The number of hydrogen-bond acceptors (Lipinski definition) is 4. The molecule has 3 nitrogen and oxygen atoms in total. The molecule has 0 spiro atoms. The number of hydrogen-bond donors (Lipinski definition) is 1. The van der Waals surface area contributed by atoms with E-state index in [4.69, 9.17) is 10.5 Å². The molecule has 0 fully saturated rings. The van der Waals surface area contributed by atoms with Gasteiger partial charge in [-0.05, 0) is 31.0 Å². The first-order valence-electron chi connectivity index (χ1n) is 9.02. The predicted molar refractivity (Wildman–Crippen MR) is 101 cm³/mol. The smallest absolute Gasteiger partial charge is 0.411 e. The molecule has 1 aromatic heterocycles. The zero-order valence-electron chi connectivity index (χ0n) is 15.7. The number of carbonyl (C=O) groups is 1. The van der Waals surface area contributed by atoms with E-state index in [9.17, 15) is 22.4 Å². The van der Waals surface area contributed by atoms with Gasteiger partial charge in [-0.25, -0.2) is 4.39 Å². The number of rotatable bonds is 9. The van der Waals surface area contributed by atoms with Gasteiger partial charge in [-0.3, -0.25) is 4.79 Å². The van der Waals surface area contributed by atoms with Crippen LogP contribution in [0.4, 0.5) is 17.6 Å². The molecule has 0 bridgehead atoms. The fraction of sp³-hybridized carbons (Fsp3) is 0.450. The standard InChI is InChI=1S/C20H23F4NO2S/c1-3-5-10-27-13-6-8-15(16(21)11-13)19(25,20(22,23)24)12-17(26)18-9-7-14(4-2)28-18/h6-9,11H,3-5,10,12,25H2,1-2H3/t19-/m0/s1. The highest BCUT2D eigenvalue weighted by Gasteiger charge is 2.55.